The number of rotatable bonds is 2. The number of fused-ring (bicyclic) bond motifs is 5. The molecular weight excluding hydrogens is 320 g/mol. The minimum Gasteiger partial charge on any atom is -0.490 e. The summed E-state index contributed by atoms with van der Waals surface area (Å²) in [5, 5.41) is 1.15. The van der Waals surface area contributed by atoms with Gasteiger partial charge in [0, 0.05) is 27.9 Å². The number of halogens is 2. The Labute approximate surface area is 145 Å². The molecule has 4 rings (SSSR count). The smallest absolute Gasteiger partial charge is 0.201 e. The number of aryl methyl sites for hydroxylation is 1. The molecule has 0 aliphatic heterocycles. The highest BCUT2D eigenvalue weighted by molar-refractivity contribution is 6.04. The second-order valence-electron chi connectivity index (χ2n) is 7.05. The summed E-state index contributed by atoms with van der Waals surface area (Å²) in [6.07, 6.45) is 1.61. The van der Waals surface area contributed by atoms with Gasteiger partial charge in [-0.25, -0.2) is 4.39 Å². The molecule has 1 aliphatic rings. The van der Waals surface area contributed by atoms with Crippen molar-refractivity contribution in [3.8, 4) is 16.9 Å². The van der Waals surface area contributed by atoms with Crippen LogP contribution in [0.2, 0.25) is 0 Å². The highest BCUT2D eigenvalue weighted by Gasteiger charge is 2.39. The molecule has 0 fully saturated rings. The van der Waals surface area contributed by atoms with Crippen molar-refractivity contribution in [3.05, 3.63) is 58.9 Å². The number of nitrogens with zero attached hydrogens (tertiary/aromatic N) is 1. The van der Waals surface area contributed by atoms with Crippen molar-refractivity contribution >= 4 is 10.8 Å². The predicted octanol–water partition coefficient (Wildman–Crippen LogP) is 5.53. The van der Waals surface area contributed by atoms with Crippen molar-refractivity contribution in [1.82, 2.24) is 4.98 Å². The monoisotopic (exact) mass is 339 g/mol. The molecule has 25 heavy (non-hydrogen) atoms. The highest BCUT2D eigenvalue weighted by atomic mass is 19.2. The van der Waals surface area contributed by atoms with E-state index in [-0.39, 0.29) is 17.8 Å². The Balaban J connectivity index is 2.20. The van der Waals surface area contributed by atoms with E-state index in [1.165, 1.54) is 6.07 Å². The van der Waals surface area contributed by atoms with Gasteiger partial charge in [-0.15, -0.1) is 0 Å². The number of pyridine rings is 1. The fraction of sp³-hybridized carbons (Fsp3) is 0.286. The molecule has 1 aliphatic carbocycles. The van der Waals surface area contributed by atoms with Gasteiger partial charge in [-0.3, -0.25) is 4.98 Å². The quantitative estimate of drug-likeness (QED) is 0.613. The average molecular weight is 339 g/mol. The third-order valence-electron chi connectivity index (χ3n) is 5.02. The molecule has 2 aromatic carbocycles. The maximum Gasteiger partial charge on any atom is 0.201 e. The molecule has 0 unspecified atom stereocenters. The van der Waals surface area contributed by atoms with E-state index in [0.717, 1.165) is 27.9 Å². The largest absolute Gasteiger partial charge is 0.490 e. The van der Waals surface area contributed by atoms with Gasteiger partial charge in [-0.1, -0.05) is 37.6 Å². The molecule has 0 bridgehead atoms. The van der Waals surface area contributed by atoms with Crippen LogP contribution < -0.4 is 4.74 Å². The van der Waals surface area contributed by atoms with Crippen molar-refractivity contribution < 1.29 is 13.5 Å². The Morgan fingerprint density at radius 3 is 2.64 bits per heavy atom. The summed E-state index contributed by atoms with van der Waals surface area (Å²) in [5.74, 6) is -1.89. The van der Waals surface area contributed by atoms with E-state index in [1.807, 2.05) is 19.1 Å². The van der Waals surface area contributed by atoms with Crippen LogP contribution >= 0.6 is 0 Å². The summed E-state index contributed by atoms with van der Waals surface area (Å²) >= 11 is 0. The van der Waals surface area contributed by atoms with Crippen molar-refractivity contribution in [3.63, 3.8) is 0 Å². The normalized spacial score (nSPS) is 14.5. The van der Waals surface area contributed by atoms with Gasteiger partial charge in [0.15, 0.2) is 11.6 Å². The zero-order valence-corrected chi connectivity index (χ0v) is 14.7. The number of aromatic nitrogens is 1. The Kier molecular flexibility index (Phi) is 3.36. The maximum atomic E-state index is 14.5. The molecular formula is C21H19F2NO. The Bertz CT molecular complexity index is 1020. The van der Waals surface area contributed by atoms with Crippen molar-refractivity contribution in [2.45, 2.75) is 33.1 Å². The van der Waals surface area contributed by atoms with Crippen LogP contribution in [0.4, 0.5) is 8.78 Å². The van der Waals surface area contributed by atoms with Crippen LogP contribution in [0.5, 0.6) is 5.75 Å². The fourth-order valence-electron chi connectivity index (χ4n) is 3.83. The van der Waals surface area contributed by atoms with Gasteiger partial charge in [0.2, 0.25) is 5.82 Å². The molecule has 0 amide bonds. The lowest BCUT2D eigenvalue weighted by molar-refractivity contribution is 0.319. The molecule has 1 heterocycles. The van der Waals surface area contributed by atoms with E-state index in [0.29, 0.717) is 10.8 Å². The van der Waals surface area contributed by atoms with Crippen molar-refractivity contribution in [2.75, 3.05) is 6.61 Å². The lowest BCUT2D eigenvalue weighted by atomic mass is 9.84. The Morgan fingerprint density at radius 1 is 1.16 bits per heavy atom. The van der Waals surface area contributed by atoms with Crippen LogP contribution in [-0.4, -0.2) is 11.6 Å². The molecule has 0 saturated heterocycles. The lowest BCUT2D eigenvalue weighted by Crippen LogP contribution is -2.16. The first-order valence-corrected chi connectivity index (χ1v) is 8.41. The van der Waals surface area contributed by atoms with Gasteiger partial charge >= 0.3 is 0 Å². The molecule has 3 aromatic rings. The second-order valence-corrected chi connectivity index (χ2v) is 7.05. The molecule has 0 radical (unpaired) electrons. The first kappa shape index (κ1) is 16.0. The van der Waals surface area contributed by atoms with Crippen LogP contribution in [-0.2, 0) is 5.41 Å². The number of hydrogen-bond donors (Lipinski definition) is 0. The molecule has 0 N–H and O–H groups in total. The van der Waals surface area contributed by atoms with Crippen LogP contribution in [0.25, 0.3) is 21.9 Å². The Morgan fingerprint density at radius 2 is 1.92 bits per heavy atom. The maximum absolute atomic E-state index is 14.5. The zero-order chi connectivity index (χ0) is 17.9. The topological polar surface area (TPSA) is 22.1 Å². The van der Waals surface area contributed by atoms with Crippen molar-refractivity contribution in [2.24, 2.45) is 0 Å². The SMILES string of the molecule is CCOc1c(F)c(F)cc2cnc3c(c12)-c1ccc(C)cc1C3(C)C. The van der Waals surface area contributed by atoms with E-state index in [1.54, 1.807) is 13.1 Å². The molecule has 0 spiro atoms. The van der Waals surface area contributed by atoms with Crippen LogP contribution in [0, 0.1) is 18.6 Å². The van der Waals surface area contributed by atoms with E-state index in [2.05, 4.69) is 24.9 Å². The fourth-order valence-corrected chi connectivity index (χ4v) is 3.83. The average Bonchev–Trinajstić information content (AvgIpc) is 2.79. The van der Waals surface area contributed by atoms with Gasteiger partial charge in [-0.2, -0.15) is 4.39 Å². The van der Waals surface area contributed by atoms with Crippen LogP contribution in [0.1, 0.15) is 37.6 Å². The highest BCUT2D eigenvalue weighted by Crippen LogP contribution is 2.52. The summed E-state index contributed by atoms with van der Waals surface area (Å²) in [7, 11) is 0. The van der Waals surface area contributed by atoms with Gasteiger partial charge in [0.05, 0.1) is 12.3 Å². The predicted molar refractivity (Wildman–Crippen MR) is 95.1 cm³/mol. The van der Waals surface area contributed by atoms with E-state index in [9.17, 15) is 8.78 Å². The summed E-state index contributed by atoms with van der Waals surface area (Å²) < 4.78 is 34.0. The van der Waals surface area contributed by atoms with Crippen LogP contribution in [0.3, 0.4) is 0 Å². The minimum absolute atomic E-state index is 0.0274. The number of ether oxygens (including phenoxy) is 1. The molecule has 4 heteroatoms. The second kappa shape index (κ2) is 5.25. The first-order valence-electron chi connectivity index (χ1n) is 8.41. The molecule has 0 saturated carbocycles. The standard InChI is InChI=1S/C21H19F2NO/c1-5-25-19-16-12(9-15(22)18(19)23)10-24-20-17(16)13-7-6-11(2)8-14(13)21(20,3)4/h6-10H,5H2,1-4H3. The number of hydrogen-bond acceptors (Lipinski definition) is 2. The van der Waals surface area contributed by atoms with Gasteiger partial charge in [0.25, 0.3) is 0 Å². The summed E-state index contributed by atoms with van der Waals surface area (Å²) in [4.78, 5) is 4.61. The Hall–Kier alpha value is -2.49. The van der Waals surface area contributed by atoms with Crippen LogP contribution in [0.15, 0.2) is 30.5 Å². The molecule has 2 nitrogen and oxygen atoms in total. The summed E-state index contributed by atoms with van der Waals surface area (Å²) in [5.41, 5.74) is 4.73. The molecule has 1 aromatic heterocycles. The van der Waals surface area contributed by atoms with E-state index in [4.69, 9.17) is 4.74 Å². The van der Waals surface area contributed by atoms with Gasteiger partial charge < -0.3 is 4.74 Å². The van der Waals surface area contributed by atoms with Crippen molar-refractivity contribution in [1.29, 1.82) is 0 Å². The summed E-state index contributed by atoms with van der Waals surface area (Å²) in [6, 6.07) is 7.40. The third-order valence-corrected chi connectivity index (χ3v) is 5.02. The van der Waals surface area contributed by atoms with E-state index < -0.39 is 11.6 Å². The lowest BCUT2D eigenvalue weighted by Gasteiger charge is -2.21. The molecule has 128 valence electrons. The first-order chi connectivity index (χ1) is 11.9. The van der Waals surface area contributed by atoms with E-state index >= 15 is 0 Å². The van der Waals surface area contributed by atoms with Gasteiger partial charge in [0.1, 0.15) is 0 Å². The third kappa shape index (κ3) is 2.10. The minimum atomic E-state index is -0.943. The van der Waals surface area contributed by atoms with Gasteiger partial charge in [-0.05, 0) is 31.0 Å². The molecule has 0 atom stereocenters. The summed E-state index contributed by atoms with van der Waals surface area (Å²) in [6.45, 7) is 8.29. The zero-order valence-electron chi connectivity index (χ0n) is 14.7. The number of benzene rings is 2.